The molecule has 0 bridgehead atoms. The van der Waals surface area contributed by atoms with Crippen molar-refractivity contribution in [1.29, 1.82) is 0 Å². The predicted octanol–water partition coefficient (Wildman–Crippen LogP) is 5.47. The zero-order valence-electron chi connectivity index (χ0n) is 19.7. The van der Waals surface area contributed by atoms with Gasteiger partial charge in [-0.2, -0.15) is 0 Å². The maximum Gasteiger partial charge on any atom is 0.238 e. The zero-order valence-corrected chi connectivity index (χ0v) is 21.3. The standard InChI is InChI=1S/C29H30N2O2S.ClH/c30-34(32,33)26-15-11-22(12-16-26)6-5-19-31-20-17-25(18-21-31)29-27-9-3-1-7-23(27)13-14-24-8-2-4-10-28(24)29;/h1-12,15-16H,13-14,17-21H2,(H2,30,32,33);1H/b6-5+;. The van der Waals surface area contributed by atoms with Crippen molar-refractivity contribution >= 4 is 34.1 Å². The Kier molecular flexibility index (Phi) is 7.92. The first-order valence-corrected chi connectivity index (χ1v) is 13.4. The van der Waals surface area contributed by atoms with Gasteiger partial charge in [-0.15, -0.1) is 12.4 Å². The average Bonchev–Trinajstić information content (AvgIpc) is 3.01. The van der Waals surface area contributed by atoms with E-state index >= 15 is 0 Å². The summed E-state index contributed by atoms with van der Waals surface area (Å²) in [5, 5.41) is 5.17. The SMILES string of the molecule is Cl.NS(=O)(=O)c1ccc(/C=C/CN2CCC(=C3c4ccccc4CCc4ccccc43)CC2)cc1. The van der Waals surface area contributed by atoms with Gasteiger partial charge >= 0.3 is 0 Å². The van der Waals surface area contributed by atoms with Crippen molar-refractivity contribution in [3.63, 3.8) is 0 Å². The number of piperidine rings is 1. The molecule has 5 rings (SSSR count). The van der Waals surface area contributed by atoms with Gasteiger partial charge in [-0.1, -0.05) is 78.4 Å². The Morgan fingerprint density at radius 3 is 1.86 bits per heavy atom. The van der Waals surface area contributed by atoms with Crippen LogP contribution in [0.25, 0.3) is 11.6 Å². The Labute approximate surface area is 214 Å². The van der Waals surface area contributed by atoms with Gasteiger partial charge in [0.15, 0.2) is 0 Å². The Hall–Kier alpha value is -2.70. The van der Waals surface area contributed by atoms with Crippen molar-refractivity contribution in [2.75, 3.05) is 19.6 Å². The summed E-state index contributed by atoms with van der Waals surface area (Å²) in [5.74, 6) is 0. The van der Waals surface area contributed by atoms with E-state index in [2.05, 4.69) is 59.5 Å². The van der Waals surface area contributed by atoms with E-state index in [1.807, 2.05) is 6.08 Å². The number of rotatable bonds is 4. The fourth-order valence-electron chi connectivity index (χ4n) is 5.12. The fraction of sp³-hybridized carbons (Fsp3) is 0.241. The number of nitrogens with two attached hydrogens (primary N) is 1. The lowest BCUT2D eigenvalue weighted by molar-refractivity contribution is 0.284. The molecule has 3 aromatic rings. The Bertz CT molecular complexity index is 1300. The molecule has 1 aliphatic carbocycles. The van der Waals surface area contributed by atoms with Crippen molar-refractivity contribution in [3.05, 3.63) is 112 Å². The van der Waals surface area contributed by atoms with Crippen LogP contribution >= 0.6 is 12.4 Å². The third-order valence-corrected chi connectivity index (χ3v) is 7.86. The highest BCUT2D eigenvalue weighted by molar-refractivity contribution is 7.89. The molecule has 0 aromatic heterocycles. The molecule has 1 fully saturated rings. The molecule has 6 heteroatoms. The first-order valence-electron chi connectivity index (χ1n) is 11.9. The van der Waals surface area contributed by atoms with Crippen molar-refractivity contribution in [1.82, 2.24) is 4.90 Å². The molecule has 4 nitrogen and oxygen atoms in total. The molecule has 2 aliphatic rings. The Morgan fingerprint density at radius 2 is 1.31 bits per heavy atom. The second kappa shape index (κ2) is 10.9. The number of primary sulfonamides is 1. The molecular formula is C29H31ClN2O2S. The van der Waals surface area contributed by atoms with Gasteiger partial charge in [-0.05, 0) is 71.2 Å². The summed E-state index contributed by atoms with van der Waals surface area (Å²) in [6.45, 7) is 2.96. The number of aryl methyl sites for hydroxylation is 2. The minimum absolute atomic E-state index is 0. The maximum absolute atomic E-state index is 11.4. The largest absolute Gasteiger partial charge is 0.299 e. The molecule has 2 N–H and O–H groups in total. The molecule has 0 atom stereocenters. The molecule has 0 spiro atoms. The van der Waals surface area contributed by atoms with Crippen molar-refractivity contribution in [2.24, 2.45) is 5.14 Å². The summed E-state index contributed by atoms with van der Waals surface area (Å²) in [4.78, 5) is 2.62. The monoisotopic (exact) mass is 506 g/mol. The molecule has 0 radical (unpaired) electrons. The van der Waals surface area contributed by atoms with Crippen LogP contribution in [0.1, 0.15) is 40.7 Å². The molecule has 1 saturated heterocycles. The lowest BCUT2D eigenvalue weighted by atomic mass is 9.86. The molecule has 1 heterocycles. The van der Waals surface area contributed by atoms with Gasteiger partial charge in [0.1, 0.15) is 0 Å². The quantitative estimate of drug-likeness (QED) is 0.510. The number of hydrogen-bond acceptors (Lipinski definition) is 3. The number of hydrogen-bond donors (Lipinski definition) is 1. The average molecular weight is 507 g/mol. The van der Waals surface area contributed by atoms with Gasteiger partial charge in [0.25, 0.3) is 0 Å². The molecule has 0 saturated carbocycles. The first-order chi connectivity index (χ1) is 16.5. The van der Waals surface area contributed by atoms with Crippen LogP contribution in [0.15, 0.2) is 89.3 Å². The van der Waals surface area contributed by atoms with E-state index in [9.17, 15) is 8.42 Å². The maximum atomic E-state index is 11.4. The van der Waals surface area contributed by atoms with Gasteiger partial charge < -0.3 is 0 Å². The molecule has 0 amide bonds. The van der Waals surface area contributed by atoms with E-state index < -0.39 is 10.0 Å². The van der Waals surface area contributed by atoms with Crippen LogP contribution in [0.4, 0.5) is 0 Å². The van der Waals surface area contributed by atoms with Crippen LogP contribution in [0.5, 0.6) is 0 Å². The second-order valence-corrected chi connectivity index (χ2v) is 10.7. The minimum atomic E-state index is -3.65. The Morgan fingerprint density at radius 1 is 0.771 bits per heavy atom. The number of benzene rings is 3. The van der Waals surface area contributed by atoms with E-state index in [0.29, 0.717) is 0 Å². The molecule has 3 aromatic carbocycles. The third kappa shape index (κ3) is 5.76. The number of fused-ring (bicyclic) bond motifs is 2. The van der Waals surface area contributed by atoms with Gasteiger partial charge in [0.05, 0.1) is 4.90 Å². The summed E-state index contributed by atoms with van der Waals surface area (Å²) in [6.07, 6.45) is 8.54. The normalized spacial score (nSPS) is 16.4. The number of sulfonamides is 1. The van der Waals surface area contributed by atoms with Crippen LogP contribution < -0.4 is 5.14 Å². The van der Waals surface area contributed by atoms with Gasteiger partial charge in [0.2, 0.25) is 10.0 Å². The van der Waals surface area contributed by atoms with Crippen LogP contribution in [0.3, 0.4) is 0 Å². The lowest BCUT2D eigenvalue weighted by Gasteiger charge is -2.29. The topological polar surface area (TPSA) is 63.4 Å². The van der Waals surface area contributed by atoms with E-state index in [4.69, 9.17) is 5.14 Å². The highest BCUT2D eigenvalue weighted by Gasteiger charge is 2.23. The molecule has 35 heavy (non-hydrogen) atoms. The van der Waals surface area contributed by atoms with E-state index in [1.165, 1.54) is 27.8 Å². The minimum Gasteiger partial charge on any atom is -0.299 e. The van der Waals surface area contributed by atoms with Crippen molar-refractivity contribution in [2.45, 2.75) is 30.6 Å². The zero-order chi connectivity index (χ0) is 23.5. The summed E-state index contributed by atoms with van der Waals surface area (Å²) in [5.41, 5.74) is 9.76. The summed E-state index contributed by atoms with van der Waals surface area (Å²) in [6, 6.07) is 24.5. The molecular weight excluding hydrogens is 476 g/mol. The van der Waals surface area contributed by atoms with Gasteiger partial charge in [0, 0.05) is 19.6 Å². The Balaban J connectivity index is 0.00000289. The molecule has 1 aliphatic heterocycles. The third-order valence-electron chi connectivity index (χ3n) is 6.93. The summed E-state index contributed by atoms with van der Waals surface area (Å²) >= 11 is 0. The predicted molar refractivity (Wildman–Crippen MR) is 146 cm³/mol. The summed E-state index contributed by atoms with van der Waals surface area (Å²) in [7, 11) is -3.65. The van der Waals surface area contributed by atoms with Crippen LogP contribution in [-0.4, -0.2) is 33.0 Å². The van der Waals surface area contributed by atoms with Crippen LogP contribution in [-0.2, 0) is 22.9 Å². The van der Waals surface area contributed by atoms with Crippen molar-refractivity contribution < 1.29 is 8.42 Å². The van der Waals surface area contributed by atoms with Gasteiger partial charge in [-0.25, -0.2) is 13.6 Å². The fourth-order valence-corrected chi connectivity index (χ4v) is 5.64. The molecule has 182 valence electrons. The van der Waals surface area contributed by atoms with E-state index in [0.717, 1.165) is 50.9 Å². The van der Waals surface area contributed by atoms with Crippen LogP contribution in [0, 0.1) is 0 Å². The number of nitrogens with zero attached hydrogens (tertiary/aromatic N) is 1. The second-order valence-electron chi connectivity index (χ2n) is 9.11. The van der Waals surface area contributed by atoms with Gasteiger partial charge in [-0.3, -0.25) is 4.90 Å². The lowest BCUT2D eigenvalue weighted by Crippen LogP contribution is -2.31. The molecule has 0 unspecified atom stereocenters. The summed E-state index contributed by atoms with van der Waals surface area (Å²) < 4.78 is 22.8. The number of likely N-dealkylation sites (tertiary alicyclic amines) is 1. The van der Waals surface area contributed by atoms with E-state index in [-0.39, 0.29) is 17.3 Å². The smallest absolute Gasteiger partial charge is 0.238 e. The van der Waals surface area contributed by atoms with Crippen molar-refractivity contribution in [3.8, 4) is 0 Å². The van der Waals surface area contributed by atoms with Crippen LogP contribution in [0.2, 0.25) is 0 Å². The number of halogens is 1. The first kappa shape index (κ1) is 25.4. The highest BCUT2D eigenvalue weighted by Crippen LogP contribution is 2.38. The van der Waals surface area contributed by atoms with E-state index in [1.54, 1.807) is 29.8 Å². The highest BCUT2D eigenvalue weighted by atomic mass is 35.5.